The Hall–Kier alpha value is -2.15. The maximum Gasteiger partial charge on any atom is 0.315 e. The molecule has 0 fully saturated rings. The van der Waals surface area contributed by atoms with E-state index >= 15 is 0 Å². The van der Waals surface area contributed by atoms with Crippen LogP contribution in [0.25, 0.3) is 0 Å². The Bertz CT molecular complexity index is 728. The van der Waals surface area contributed by atoms with Gasteiger partial charge in [0.1, 0.15) is 0 Å². The highest BCUT2D eigenvalue weighted by molar-refractivity contribution is 7.85. The first-order valence-corrected chi connectivity index (χ1v) is 9.20. The van der Waals surface area contributed by atoms with Crippen molar-refractivity contribution in [3.63, 3.8) is 0 Å². The highest BCUT2D eigenvalue weighted by Crippen LogP contribution is 2.20. The first kappa shape index (κ1) is 18.2. The van der Waals surface area contributed by atoms with Gasteiger partial charge in [0.25, 0.3) is 0 Å². The Kier molecular flexibility index (Phi) is 6.14. The molecule has 0 saturated carbocycles. The van der Waals surface area contributed by atoms with Crippen molar-refractivity contribution < 1.29 is 9.00 Å². The zero-order chi connectivity index (χ0) is 17.7. The highest BCUT2D eigenvalue weighted by atomic mass is 32.2. The van der Waals surface area contributed by atoms with Gasteiger partial charge in [-0.2, -0.15) is 5.10 Å². The number of aryl methyl sites for hydroxylation is 2. The van der Waals surface area contributed by atoms with Crippen molar-refractivity contribution >= 4 is 16.8 Å². The molecule has 0 unspecified atom stereocenters. The predicted octanol–water partition coefficient (Wildman–Crippen LogP) is 2.20. The molecule has 24 heavy (non-hydrogen) atoms. The number of benzene rings is 1. The van der Waals surface area contributed by atoms with E-state index in [1.54, 1.807) is 0 Å². The average Bonchev–Trinajstić information content (AvgIpc) is 2.80. The largest absolute Gasteiger partial charge is 0.337 e. The van der Waals surface area contributed by atoms with Gasteiger partial charge in [0, 0.05) is 35.5 Å². The normalized spacial score (nSPS) is 13.3. The van der Waals surface area contributed by atoms with E-state index in [2.05, 4.69) is 15.7 Å². The summed E-state index contributed by atoms with van der Waals surface area (Å²) in [6, 6.07) is 8.84. The van der Waals surface area contributed by atoms with Crippen LogP contribution in [-0.4, -0.2) is 32.3 Å². The number of carbonyl (C=O) groups is 1. The van der Waals surface area contributed by atoms with E-state index in [9.17, 15) is 9.00 Å². The summed E-state index contributed by atoms with van der Waals surface area (Å²) in [7, 11) is 0.778. The second-order valence-electron chi connectivity index (χ2n) is 5.69. The van der Waals surface area contributed by atoms with Crippen molar-refractivity contribution in [2.24, 2.45) is 7.05 Å². The minimum Gasteiger partial charge on any atom is -0.337 e. The van der Waals surface area contributed by atoms with E-state index in [1.165, 1.54) is 0 Å². The highest BCUT2D eigenvalue weighted by Gasteiger charge is 2.17. The SMILES string of the molecule is Cc1nn(C)c(C)c1[C@H](C)NC(=O)NCC[S@](=O)c1ccccc1. The van der Waals surface area contributed by atoms with E-state index in [-0.39, 0.29) is 12.1 Å². The Morgan fingerprint density at radius 1 is 1.29 bits per heavy atom. The monoisotopic (exact) mass is 348 g/mol. The lowest BCUT2D eigenvalue weighted by Crippen LogP contribution is -2.39. The molecule has 0 radical (unpaired) electrons. The van der Waals surface area contributed by atoms with Crippen LogP contribution in [0.3, 0.4) is 0 Å². The molecule has 1 aromatic heterocycles. The van der Waals surface area contributed by atoms with E-state index < -0.39 is 10.8 Å². The fourth-order valence-corrected chi connectivity index (χ4v) is 3.67. The Balaban J connectivity index is 1.82. The predicted molar refractivity (Wildman–Crippen MR) is 95.3 cm³/mol. The number of hydrogen-bond donors (Lipinski definition) is 2. The van der Waals surface area contributed by atoms with Crippen LogP contribution < -0.4 is 10.6 Å². The third-order valence-corrected chi connectivity index (χ3v) is 5.30. The fraction of sp³-hybridized carbons (Fsp3) is 0.412. The first-order chi connectivity index (χ1) is 11.4. The van der Waals surface area contributed by atoms with Gasteiger partial charge in [-0.1, -0.05) is 18.2 Å². The molecule has 6 nitrogen and oxygen atoms in total. The van der Waals surface area contributed by atoms with Gasteiger partial charge >= 0.3 is 6.03 Å². The maximum absolute atomic E-state index is 12.1. The summed E-state index contributed by atoms with van der Waals surface area (Å²) in [5.74, 6) is 0.386. The zero-order valence-corrected chi connectivity index (χ0v) is 15.3. The minimum absolute atomic E-state index is 0.140. The summed E-state index contributed by atoms with van der Waals surface area (Å²) in [5.41, 5.74) is 2.97. The molecule has 7 heteroatoms. The van der Waals surface area contributed by atoms with Crippen LogP contribution in [0.2, 0.25) is 0 Å². The summed E-state index contributed by atoms with van der Waals surface area (Å²) >= 11 is 0. The Labute approximate surface area is 145 Å². The molecule has 0 aliphatic rings. The van der Waals surface area contributed by atoms with Crippen molar-refractivity contribution in [2.75, 3.05) is 12.3 Å². The molecular formula is C17H24N4O2S. The molecule has 0 spiro atoms. The lowest BCUT2D eigenvalue weighted by molar-refractivity contribution is 0.238. The molecule has 0 bridgehead atoms. The van der Waals surface area contributed by atoms with Crippen LogP contribution in [0.1, 0.15) is 29.9 Å². The van der Waals surface area contributed by atoms with Gasteiger partial charge in [-0.05, 0) is 32.9 Å². The summed E-state index contributed by atoms with van der Waals surface area (Å²) in [6.45, 7) is 6.19. The lowest BCUT2D eigenvalue weighted by Gasteiger charge is -2.15. The molecule has 2 N–H and O–H groups in total. The van der Waals surface area contributed by atoms with Crippen LogP contribution in [-0.2, 0) is 17.8 Å². The van der Waals surface area contributed by atoms with Crippen molar-refractivity contribution in [3.8, 4) is 0 Å². The van der Waals surface area contributed by atoms with Gasteiger partial charge in [-0.15, -0.1) is 0 Å². The summed E-state index contributed by atoms with van der Waals surface area (Å²) in [4.78, 5) is 12.8. The van der Waals surface area contributed by atoms with E-state index in [0.717, 1.165) is 21.8 Å². The van der Waals surface area contributed by atoms with Gasteiger partial charge in [-0.3, -0.25) is 8.89 Å². The number of urea groups is 1. The number of aromatic nitrogens is 2. The van der Waals surface area contributed by atoms with E-state index in [1.807, 2.05) is 62.8 Å². The molecular weight excluding hydrogens is 324 g/mol. The Morgan fingerprint density at radius 3 is 2.54 bits per heavy atom. The molecule has 0 aliphatic carbocycles. The van der Waals surface area contributed by atoms with Crippen LogP contribution in [0.5, 0.6) is 0 Å². The molecule has 2 rings (SSSR count). The number of nitrogens with zero attached hydrogens (tertiary/aromatic N) is 2. The standard InChI is InChI=1S/C17H24N4O2S/c1-12(16-13(2)20-21(4)14(16)3)19-17(22)18-10-11-24(23)15-8-6-5-7-9-15/h5-9,12H,10-11H2,1-4H3,(H2,18,19,22)/t12-,24-/m0/s1. The zero-order valence-electron chi connectivity index (χ0n) is 14.5. The lowest BCUT2D eigenvalue weighted by atomic mass is 10.1. The maximum atomic E-state index is 12.1. The number of nitrogens with one attached hydrogen (secondary N) is 2. The third-order valence-electron chi connectivity index (χ3n) is 3.92. The second kappa shape index (κ2) is 8.10. The van der Waals surface area contributed by atoms with Crippen LogP contribution in [0.15, 0.2) is 35.2 Å². The fourth-order valence-electron chi connectivity index (χ4n) is 2.68. The quantitative estimate of drug-likeness (QED) is 0.840. The molecule has 0 saturated heterocycles. The van der Waals surface area contributed by atoms with Crippen LogP contribution in [0, 0.1) is 13.8 Å². The van der Waals surface area contributed by atoms with Gasteiger partial charge < -0.3 is 10.6 Å². The summed E-state index contributed by atoms with van der Waals surface area (Å²) < 4.78 is 13.9. The van der Waals surface area contributed by atoms with Crippen LogP contribution >= 0.6 is 0 Å². The molecule has 2 amide bonds. The molecule has 130 valence electrons. The second-order valence-corrected chi connectivity index (χ2v) is 7.26. The third kappa shape index (κ3) is 4.44. The number of amides is 2. The molecule has 2 aromatic rings. The number of hydrogen-bond acceptors (Lipinski definition) is 3. The van der Waals surface area contributed by atoms with Crippen LogP contribution in [0.4, 0.5) is 4.79 Å². The first-order valence-electron chi connectivity index (χ1n) is 7.88. The molecule has 2 atom stereocenters. The van der Waals surface area contributed by atoms with Crippen molar-refractivity contribution in [3.05, 3.63) is 47.3 Å². The summed E-state index contributed by atoms with van der Waals surface area (Å²) in [5, 5.41) is 10.0. The van der Waals surface area contributed by atoms with Gasteiger partial charge in [-0.25, -0.2) is 4.79 Å². The molecule has 0 aliphatic heterocycles. The van der Waals surface area contributed by atoms with Crippen molar-refractivity contribution in [2.45, 2.75) is 31.7 Å². The molecule has 1 heterocycles. The van der Waals surface area contributed by atoms with Gasteiger partial charge in [0.15, 0.2) is 0 Å². The smallest absolute Gasteiger partial charge is 0.315 e. The average molecular weight is 348 g/mol. The van der Waals surface area contributed by atoms with Crippen molar-refractivity contribution in [1.29, 1.82) is 0 Å². The van der Waals surface area contributed by atoms with E-state index in [0.29, 0.717) is 12.3 Å². The van der Waals surface area contributed by atoms with Crippen molar-refractivity contribution in [1.82, 2.24) is 20.4 Å². The minimum atomic E-state index is -1.11. The number of carbonyl (C=O) groups excluding carboxylic acids is 1. The topological polar surface area (TPSA) is 76.0 Å². The summed E-state index contributed by atoms with van der Waals surface area (Å²) in [6.07, 6.45) is 0. The number of rotatable bonds is 6. The molecule has 1 aromatic carbocycles. The Morgan fingerprint density at radius 2 is 1.96 bits per heavy atom. The van der Waals surface area contributed by atoms with E-state index in [4.69, 9.17) is 0 Å². The van der Waals surface area contributed by atoms with Gasteiger partial charge in [0.2, 0.25) is 0 Å². The van der Waals surface area contributed by atoms with Gasteiger partial charge in [0.05, 0.1) is 22.5 Å².